The summed E-state index contributed by atoms with van der Waals surface area (Å²) in [7, 11) is 0. The second-order valence-electron chi connectivity index (χ2n) is 0.543. The van der Waals surface area contributed by atoms with Crippen LogP contribution in [0.4, 0.5) is 0 Å². The van der Waals surface area contributed by atoms with Crippen LogP contribution >= 0.6 is 15.9 Å². The third-order valence-corrected chi connectivity index (χ3v) is 0.694. The molecule has 2 heteroatoms. The van der Waals surface area contributed by atoms with Gasteiger partial charge in [-0.2, -0.15) is 6.42 Å². The van der Waals surface area contributed by atoms with Crippen LogP contribution in [0.5, 0.6) is 0 Å². The van der Waals surface area contributed by atoms with E-state index in [1.807, 2.05) is 0 Å². The standard InChI is InChI=1S/C3H6Br.Y/c1-2-3-4;/h1-3H2;/q-1;. The summed E-state index contributed by atoms with van der Waals surface area (Å²) in [6.07, 6.45) is 0.986. The molecule has 0 aromatic carbocycles. The minimum absolute atomic E-state index is 0. The summed E-state index contributed by atoms with van der Waals surface area (Å²) >= 11 is 3.19. The molecule has 0 aliphatic carbocycles. The molecular formula is C3H6BrY-. The molecule has 0 saturated heterocycles. The summed E-state index contributed by atoms with van der Waals surface area (Å²) in [5, 5.41) is 1.02. The average molecular weight is 211 g/mol. The summed E-state index contributed by atoms with van der Waals surface area (Å²) in [6, 6.07) is 0. The Morgan fingerprint density at radius 3 is 1.80 bits per heavy atom. The van der Waals surface area contributed by atoms with Crippen LogP contribution in [0.1, 0.15) is 6.42 Å². The molecule has 0 atom stereocenters. The molecule has 0 saturated carbocycles. The van der Waals surface area contributed by atoms with Gasteiger partial charge in [0.2, 0.25) is 0 Å². The summed E-state index contributed by atoms with van der Waals surface area (Å²) in [5.41, 5.74) is 0. The Morgan fingerprint density at radius 1 is 1.60 bits per heavy atom. The smallest absolute Gasteiger partial charge is 0 e. The molecular weight excluding hydrogens is 205 g/mol. The Kier molecular flexibility index (Phi) is 17.8. The molecule has 0 unspecified atom stereocenters. The second kappa shape index (κ2) is 9.13. The average Bonchev–Trinajstić information content (AvgIpc) is 1.37. The van der Waals surface area contributed by atoms with Crippen LogP contribution in [0.3, 0.4) is 0 Å². The molecule has 0 amide bonds. The number of hydrogen-bond acceptors (Lipinski definition) is 0. The van der Waals surface area contributed by atoms with E-state index in [0.29, 0.717) is 0 Å². The minimum Gasteiger partial charge on any atom is -0.343 e. The summed E-state index contributed by atoms with van der Waals surface area (Å²) < 4.78 is 0. The molecule has 5 heavy (non-hydrogen) atoms. The van der Waals surface area contributed by atoms with Gasteiger partial charge in [0.05, 0.1) is 0 Å². The van der Waals surface area contributed by atoms with E-state index in [2.05, 4.69) is 22.9 Å². The largest absolute Gasteiger partial charge is 0.343 e. The van der Waals surface area contributed by atoms with Gasteiger partial charge in [-0.1, -0.05) is 15.9 Å². The van der Waals surface area contributed by atoms with Gasteiger partial charge >= 0.3 is 0 Å². The third-order valence-electron chi connectivity index (χ3n) is 0.134. The Labute approximate surface area is 66.7 Å². The van der Waals surface area contributed by atoms with Crippen molar-refractivity contribution >= 4 is 15.9 Å². The molecule has 0 nitrogen and oxygen atoms in total. The number of rotatable bonds is 1. The van der Waals surface area contributed by atoms with E-state index in [4.69, 9.17) is 0 Å². The quantitative estimate of drug-likeness (QED) is 0.456. The van der Waals surface area contributed by atoms with E-state index in [0.717, 1.165) is 11.8 Å². The third kappa shape index (κ3) is 10.7. The molecule has 0 rings (SSSR count). The fourth-order valence-corrected chi connectivity index (χ4v) is 0. The van der Waals surface area contributed by atoms with Crippen LogP contribution in [0.15, 0.2) is 0 Å². The van der Waals surface area contributed by atoms with E-state index < -0.39 is 0 Å². The van der Waals surface area contributed by atoms with E-state index in [1.54, 1.807) is 0 Å². The Hall–Kier alpha value is 1.58. The van der Waals surface area contributed by atoms with Gasteiger partial charge in [-0.15, -0.1) is 0 Å². The Morgan fingerprint density at radius 2 is 1.80 bits per heavy atom. The van der Waals surface area contributed by atoms with Gasteiger partial charge in [0.15, 0.2) is 0 Å². The molecule has 0 fully saturated rings. The van der Waals surface area contributed by atoms with Crippen molar-refractivity contribution < 1.29 is 32.7 Å². The zero-order valence-electron chi connectivity index (χ0n) is 3.08. The molecule has 0 aromatic heterocycles. The van der Waals surface area contributed by atoms with Crippen LogP contribution in [0.25, 0.3) is 0 Å². The maximum absolute atomic E-state index is 3.56. The van der Waals surface area contributed by atoms with E-state index in [1.165, 1.54) is 0 Å². The van der Waals surface area contributed by atoms with Crippen molar-refractivity contribution in [3.05, 3.63) is 6.92 Å². The van der Waals surface area contributed by atoms with E-state index in [-0.39, 0.29) is 32.7 Å². The van der Waals surface area contributed by atoms with Gasteiger partial charge in [-0.05, 0) is 5.33 Å². The number of alkyl halides is 1. The van der Waals surface area contributed by atoms with E-state index in [9.17, 15) is 0 Å². The number of halogens is 1. The first-order chi connectivity index (χ1) is 1.91. The zero-order valence-corrected chi connectivity index (χ0v) is 7.50. The predicted molar refractivity (Wildman–Crippen MR) is 23.8 cm³/mol. The monoisotopic (exact) mass is 210 g/mol. The van der Waals surface area contributed by atoms with Crippen molar-refractivity contribution in [3.8, 4) is 0 Å². The molecule has 0 aromatic rings. The van der Waals surface area contributed by atoms with Gasteiger partial charge in [-0.25, -0.2) is 0 Å². The molecule has 0 spiro atoms. The van der Waals surface area contributed by atoms with Gasteiger partial charge < -0.3 is 6.92 Å². The topological polar surface area (TPSA) is 0 Å². The van der Waals surface area contributed by atoms with Crippen molar-refractivity contribution in [1.29, 1.82) is 0 Å². The van der Waals surface area contributed by atoms with Crippen LogP contribution in [0, 0.1) is 6.92 Å². The van der Waals surface area contributed by atoms with Gasteiger partial charge in [0.1, 0.15) is 0 Å². The molecule has 0 heterocycles. The molecule has 0 bridgehead atoms. The Balaban J connectivity index is 0. The normalized spacial score (nSPS) is 6.00. The fourth-order valence-electron chi connectivity index (χ4n) is 0. The number of hydrogen-bond donors (Lipinski definition) is 0. The fraction of sp³-hybridized carbons (Fsp3) is 0.667. The maximum Gasteiger partial charge on any atom is 0 e. The van der Waals surface area contributed by atoms with Crippen LogP contribution in [0.2, 0.25) is 0 Å². The van der Waals surface area contributed by atoms with Crippen LogP contribution < -0.4 is 0 Å². The minimum atomic E-state index is 0. The maximum atomic E-state index is 3.56. The Bertz CT molecular complexity index is 8.85. The molecule has 29 valence electrons. The first-order valence-electron chi connectivity index (χ1n) is 1.27. The van der Waals surface area contributed by atoms with E-state index >= 15 is 0 Å². The van der Waals surface area contributed by atoms with Crippen LogP contribution in [-0.4, -0.2) is 5.33 Å². The first-order valence-corrected chi connectivity index (χ1v) is 2.39. The summed E-state index contributed by atoms with van der Waals surface area (Å²) in [4.78, 5) is 0. The van der Waals surface area contributed by atoms with Crippen LogP contribution in [-0.2, 0) is 32.7 Å². The summed E-state index contributed by atoms with van der Waals surface area (Å²) in [5.74, 6) is 0. The first kappa shape index (κ1) is 9.77. The van der Waals surface area contributed by atoms with Crippen molar-refractivity contribution in [2.45, 2.75) is 6.42 Å². The molecule has 0 N–H and O–H groups in total. The van der Waals surface area contributed by atoms with Gasteiger partial charge in [0.25, 0.3) is 0 Å². The SMILES string of the molecule is [CH2-]CCBr.[Y]. The molecule has 0 aliphatic rings. The second-order valence-corrected chi connectivity index (χ2v) is 1.34. The zero-order chi connectivity index (χ0) is 3.41. The molecule has 1 radical (unpaired) electrons. The van der Waals surface area contributed by atoms with Crippen molar-refractivity contribution in [1.82, 2.24) is 0 Å². The van der Waals surface area contributed by atoms with Crippen molar-refractivity contribution in [3.63, 3.8) is 0 Å². The molecule has 0 aliphatic heterocycles. The van der Waals surface area contributed by atoms with Crippen molar-refractivity contribution in [2.75, 3.05) is 5.33 Å². The van der Waals surface area contributed by atoms with Gasteiger partial charge in [0, 0.05) is 32.7 Å². The van der Waals surface area contributed by atoms with Crippen molar-refractivity contribution in [2.24, 2.45) is 0 Å². The summed E-state index contributed by atoms with van der Waals surface area (Å²) in [6.45, 7) is 3.56. The predicted octanol–water partition coefficient (Wildman–Crippen LogP) is 1.60. The van der Waals surface area contributed by atoms with Gasteiger partial charge in [-0.3, -0.25) is 0 Å².